The Kier molecular flexibility index (Phi) is 2.77. The van der Waals surface area contributed by atoms with Crippen LogP contribution in [0.3, 0.4) is 0 Å². The molecule has 0 radical (unpaired) electrons. The van der Waals surface area contributed by atoms with Crippen molar-refractivity contribution in [3.63, 3.8) is 0 Å². The van der Waals surface area contributed by atoms with Crippen molar-refractivity contribution in [3.05, 3.63) is 18.0 Å². The van der Waals surface area contributed by atoms with Crippen LogP contribution in [0, 0.1) is 0 Å². The van der Waals surface area contributed by atoms with Gasteiger partial charge in [0.05, 0.1) is 6.20 Å². The molecule has 0 aromatic carbocycles. The summed E-state index contributed by atoms with van der Waals surface area (Å²) in [6.45, 7) is 4.15. The van der Waals surface area contributed by atoms with Gasteiger partial charge in [-0.25, -0.2) is 0 Å². The quantitative estimate of drug-likeness (QED) is 0.757. The fourth-order valence-electron chi connectivity index (χ4n) is 1.76. The van der Waals surface area contributed by atoms with E-state index in [1.165, 1.54) is 0 Å². The van der Waals surface area contributed by atoms with Crippen LogP contribution in [0.2, 0.25) is 0 Å². The summed E-state index contributed by atoms with van der Waals surface area (Å²) < 4.78 is 1.65. The van der Waals surface area contributed by atoms with E-state index in [2.05, 4.69) is 24.3 Å². The van der Waals surface area contributed by atoms with Gasteiger partial charge in [-0.3, -0.25) is 19.6 Å². The van der Waals surface area contributed by atoms with E-state index in [4.69, 9.17) is 0 Å². The van der Waals surface area contributed by atoms with Crippen LogP contribution >= 0.6 is 0 Å². The van der Waals surface area contributed by atoms with E-state index >= 15 is 0 Å². The lowest BCUT2D eigenvalue weighted by atomic mass is 10.1. The van der Waals surface area contributed by atoms with Crippen molar-refractivity contribution < 1.29 is 9.59 Å². The molecule has 2 heterocycles. The van der Waals surface area contributed by atoms with E-state index in [1.54, 1.807) is 10.9 Å². The average molecular weight is 221 g/mol. The molecule has 0 spiro atoms. The first-order chi connectivity index (χ1) is 7.58. The van der Waals surface area contributed by atoms with Crippen LogP contribution in [0.1, 0.15) is 44.2 Å². The number of carbonyl (C=O) groups is 2. The van der Waals surface area contributed by atoms with E-state index in [0.717, 1.165) is 5.56 Å². The molecule has 1 aromatic rings. The number of hydrogen-bond donors (Lipinski definition) is 1. The number of nitrogens with one attached hydrogen (secondary N) is 1. The molecule has 2 amide bonds. The molecular formula is C11H15N3O2. The molecular weight excluding hydrogens is 206 g/mol. The van der Waals surface area contributed by atoms with E-state index in [9.17, 15) is 9.59 Å². The van der Waals surface area contributed by atoms with Gasteiger partial charge in [0.1, 0.15) is 6.04 Å². The number of piperidine rings is 1. The molecule has 1 aliphatic rings. The van der Waals surface area contributed by atoms with Gasteiger partial charge >= 0.3 is 0 Å². The van der Waals surface area contributed by atoms with Crippen molar-refractivity contribution in [3.8, 4) is 0 Å². The second kappa shape index (κ2) is 4.08. The Morgan fingerprint density at radius 1 is 1.50 bits per heavy atom. The van der Waals surface area contributed by atoms with Gasteiger partial charge in [0.25, 0.3) is 5.91 Å². The highest BCUT2D eigenvalue weighted by Gasteiger charge is 2.28. The van der Waals surface area contributed by atoms with Crippen molar-refractivity contribution in [1.82, 2.24) is 15.1 Å². The second-order valence-electron chi connectivity index (χ2n) is 4.38. The molecule has 1 atom stereocenters. The normalized spacial score (nSPS) is 21.3. The predicted molar refractivity (Wildman–Crippen MR) is 57.7 cm³/mol. The van der Waals surface area contributed by atoms with Crippen molar-refractivity contribution >= 4 is 11.8 Å². The van der Waals surface area contributed by atoms with Gasteiger partial charge in [-0.1, -0.05) is 13.8 Å². The van der Waals surface area contributed by atoms with E-state index in [1.807, 2.05) is 6.20 Å². The summed E-state index contributed by atoms with van der Waals surface area (Å²) in [6, 6.07) is -0.342. The molecule has 1 N–H and O–H groups in total. The number of amides is 2. The maximum Gasteiger partial charge on any atom is 0.251 e. The van der Waals surface area contributed by atoms with E-state index in [0.29, 0.717) is 18.8 Å². The molecule has 0 saturated carbocycles. The van der Waals surface area contributed by atoms with Crippen LogP contribution in [-0.2, 0) is 9.59 Å². The van der Waals surface area contributed by atoms with Gasteiger partial charge < -0.3 is 0 Å². The molecule has 1 aromatic heterocycles. The minimum Gasteiger partial charge on any atom is -0.295 e. The Hall–Kier alpha value is -1.65. The number of nitrogens with zero attached hydrogens (tertiary/aromatic N) is 2. The van der Waals surface area contributed by atoms with Crippen molar-refractivity contribution in [2.45, 2.75) is 38.6 Å². The molecule has 1 fully saturated rings. The molecule has 2 rings (SSSR count). The summed E-state index contributed by atoms with van der Waals surface area (Å²) in [5.41, 5.74) is 1.10. The zero-order valence-corrected chi connectivity index (χ0v) is 9.43. The summed E-state index contributed by atoms with van der Waals surface area (Å²) in [5, 5.41) is 6.51. The van der Waals surface area contributed by atoms with Gasteiger partial charge in [0, 0.05) is 12.6 Å². The average Bonchev–Trinajstić information content (AvgIpc) is 2.66. The minimum atomic E-state index is -0.342. The number of carbonyl (C=O) groups excluding carboxylic acids is 2. The molecule has 1 unspecified atom stereocenters. The third-order valence-electron chi connectivity index (χ3n) is 2.82. The maximum atomic E-state index is 11.6. The van der Waals surface area contributed by atoms with Crippen LogP contribution in [0.25, 0.3) is 0 Å². The monoisotopic (exact) mass is 221 g/mol. The molecule has 0 bridgehead atoms. The first-order valence-corrected chi connectivity index (χ1v) is 5.45. The molecule has 16 heavy (non-hydrogen) atoms. The highest BCUT2D eigenvalue weighted by Crippen LogP contribution is 2.20. The number of rotatable bonds is 2. The zero-order valence-electron chi connectivity index (χ0n) is 9.43. The molecule has 5 nitrogen and oxygen atoms in total. The standard InChI is InChI=1S/C11H15N3O2/c1-7(2)8-5-12-14(6-8)9-3-4-10(15)13-11(9)16/h5-7,9H,3-4H2,1-2H3,(H,13,15,16). The smallest absolute Gasteiger partial charge is 0.251 e. The highest BCUT2D eigenvalue weighted by atomic mass is 16.2. The maximum absolute atomic E-state index is 11.6. The fraction of sp³-hybridized carbons (Fsp3) is 0.545. The lowest BCUT2D eigenvalue weighted by Gasteiger charge is -2.20. The lowest BCUT2D eigenvalue weighted by molar-refractivity contribution is -0.135. The Morgan fingerprint density at radius 3 is 2.81 bits per heavy atom. The predicted octanol–water partition coefficient (Wildman–Crippen LogP) is 0.984. The van der Waals surface area contributed by atoms with Gasteiger partial charge in [-0.05, 0) is 17.9 Å². The largest absolute Gasteiger partial charge is 0.295 e. The van der Waals surface area contributed by atoms with Crippen LogP contribution in [0.5, 0.6) is 0 Å². The van der Waals surface area contributed by atoms with Crippen molar-refractivity contribution in [1.29, 1.82) is 0 Å². The first-order valence-electron chi connectivity index (χ1n) is 5.45. The van der Waals surface area contributed by atoms with Gasteiger partial charge in [-0.15, -0.1) is 0 Å². The lowest BCUT2D eigenvalue weighted by Crippen LogP contribution is -2.41. The van der Waals surface area contributed by atoms with Crippen LogP contribution < -0.4 is 5.32 Å². The molecule has 5 heteroatoms. The van der Waals surface area contributed by atoms with Gasteiger partial charge in [0.15, 0.2) is 0 Å². The topological polar surface area (TPSA) is 64.0 Å². The fourth-order valence-corrected chi connectivity index (χ4v) is 1.76. The Labute approximate surface area is 93.8 Å². The zero-order chi connectivity index (χ0) is 11.7. The number of aromatic nitrogens is 2. The Balaban J connectivity index is 2.17. The number of hydrogen-bond acceptors (Lipinski definition) is 3. The molecule has 0 aliphatic carbocycles. The van der Waals surface area contributed by atoms with Crippen molar-refractivity contribution in [2.24, 2.45) is 0 Å². The van der Waals surface area contributed by atoms with Crippen LogP contribution in [0.15, 0.2) is 12.4 Å². The summed E-state index contributed by atoms with van der Waals surface area (Å²) in [6.07, 6.45) is 4.57. The second-order valence-corrected chi connectivity index (χ2v) is 4.38. The van der Waals surface area contributed by atoms with E-state index in [-0.39, 0.29) is 17.9 Å². The van der Waals surface area contributed by atoms with Gasteiger partial charge in [0.2, 0.25) is 5.91 Å². The summed E-state index contributed by atoms with van der Waals surface area (Å²) in [4.78, 5) is 22.6. The third-order valence-corrected chi connectivity index (χ3v) is 2.82. The van der Waals surface area contributed by atoms with Crippen molar-refractivity contribution in [2.75, 3.05) is 0 Å². The van der Waals surface area contributed by atoms with Crippen LogP contribution in [0.4, 0.5) is 0 Å². The van der Waals surface area contributed by atoms with E-state index < -0.39 is 0 Å². The molecule has 86 valence electrons. The minimum absolute atomic E-state index is 0.197. The summed E-state index contributed by atoms with van der Waals surface area (Å²) in [5.74, 6) is -0.0609. The molecule has 1 aliphatic heterocycles. The Morgan fingerprint density at radius 2 is 2.25 bits per heavy atom. The number of imide groups is 1. The first kappa shape index (κ1) is 10.9. The summed E-state index contributed by atoms with van der Waals surface area (Å²) in [7, 11) is 0. The SMILES string of the molecule is CC(C)c1cnn(C2CCC(=O)NC2=O)c1. The Bertz CT molecular complexity index is 423. The molecule has 1 saturated heterocycles. The van der Waals surface area contributed by atoms with Crippen LogP contribution in [-0.4, -0.2) is 21.6 Å². The highest BCUT2D eigenvalue weighted by molar-refractivity contribution is 5.99. The third kappa shape index (κ3) is 1.98. The summed E-state index contributed by atoms with van der Waals surface area (Å²) >= 11 is 0. The van der Waals surface area contributed by atoms with Gasteiger partial charge in [-0.2, -0.15) is 5.10 Å².